The Bertz CT molecular complexity index is 955. The molecule has 2 N–H and O–H groups in total. The molecule has 1 aromatic carbocycles. The molecule has 134 valence electrons. The van der Waals surface area contributed by atoms with Gasteiger partial charge in [-0.15, -0.1) is 0 Å². The number of aromatic nitrogens is 3. The second-order valence-corrected chi connectivity index (χ2v) is 6.80. The van der Waals surface area contributed by atoms with Gasteiger partial charge in [-0.2, -0.15) is 5.10 Å². The molecule has 7 heteroatoms. The van der Waals surface area contributed by atoms with Gasteiger partial charge in [0.2, 0.25) is 0 Å². The van der Waals surface area contributed by atoms with E-state index in [1.165, 1.54) is 6.07 Å². The number of benzene rings is 1. The average Bonchev–Trinajstić information content (AvgIpc) is 2.85. The van der Waals surface area contributed by atoms with Crippen LogP contribution >= 0.6 is 11.6 Å². The minimum Gasteiger partial charge on any atom is -0.384 e. The Morgan fingerprint density at radius 3 is 2.88 bits per heavy atom. The Balaban J connectivity index is 1.91. The Hall–Kier alpha value is -2.44. The molecule has 0 amide bonds. The summed E-state index contributed by atoms with van der Waals surface area (Å²) < 4.78 is 21.6. The number of halogens is 2. The van der Waals surface area contributed by atoms with Gasteiger partial charge in [0.25, 0.3) is 0 Å². The standard InChI is InChI=1S/C19H18ClFN4O/c1-11-8-17-14(6-7-26-11)19(12-2-5-18(22)23-10-12)24-25(17)13-3-4-15(20)16(21)9-13/h2-5,9-11H,6-8H2,1H3,(H2,22,23)/t11-/m1/s1. The van der Waals surface area contributed by atoms with E-state index in [1.807, 2.05) is 13.0 Å². The summed E-state index contributed by atoms with van der Waals surface area (Å²) in [5, 5.41) is 4.87. The minimum atomic E-state index is -0.470. The van der Waals surface area contributed by atoms with Crippen LogP contribution in [0.25, 0.3) is 16.9 Å². The van der Waals surface area contributed by atoms with Gasteiger partial charge in [-0.1, -0.05) is 11.6 Å². The highest BCUT2D eigenvalue weighted by Gasteiger charge is 2.25. The maximum atomic E-state index is 14.0. The Kier molecular flexibility index (Phi) is 4.38. The summed E-state index contributed by atoms with van der Waals surface area (Å²) in [6, 6.07) is 8.35. The molecule has 0 saturated carbocycles. The maximum absolute atomic E-state index is 14.0. The first-order valence-corrected chi connectivity index (χ1v) is 8.80. The molecule has 0 unspecified atom stereocenters. The molecular formula is C19H18ClFN4O. The van der Waals surface area contributed by atoms with Gasteiger partial charge < -0.3 is 10.5 Å². The molecule has 0 fully saturated rings. The number of nitrogen functional groups attached to an aromatic ring is 1. The van der Waals surface area contributed by atoms with Crippen LogP contribution in [-0.4, -0.2) is 27.5 Å². The number of hydrogen-bond acceptors (Lipinski definition) is 4. The molecular weight excluding hydrogens is 355 g/mol. The van der Waals surface area contributed by atoms with E-state index in [-0.39, 0.29) is 11.1 Å². The van der Waals surface area contributed by atoms with Crippen molar-refractivity contribution in [3.05, 3.63) is 58.6 Å². The quantitative estimate of drug-likeness (QED) is 0.742. The van der Waals surface area contributed by atoms with Gasteiger partial charge >= 0.3 is 0 Å². The first-order valence-electron chi connectivity index (χ1n) is 8.42. The van der Waals surface area contributed by atoms with Crippen LogP contribution in [0.2, 0.25) is 5.02 Å². The molecule has 0 aliphatic carbocycles. The fourth-order valence-corrected chi connectivity index (χ4v) is 3.38. The lowest BCUT2D eigenvalue weighted by atomic mass is 10.0. The van der Waals surface area contributed by atoms with E-state index >= 15 is 0 Å². The second-order valence-electron chi connectivity index (χ2n) is 6.39. The molecule has 0 spiro atoms. The molecule has 0 bridgehead atoms. The van der Waals surface area contributed by atoms with Gasteiger partial charge in [-0.25, -0.2) is 14.1 Å². The SMILES string of the molecule is C[C@@H]1Cc2c(c(-c3ccc(N)nc3)nn2-c2ccc(Cl)c(F)c2)CCO1. The highest BCUT2D eigenvalue weighted by Crippen LogP contribution is 2.31. The fraction of sp³-hybridized carbons (Fsp3) is 0.263. The van der Waals surface area contributed by atoms with Gasteiger partial charge in [0.15, 0.2) is 0 Å². The maximum Gasteiger partial charge on any atom is 0.143 e. The lowest BCUT2D eigenvalue weighted by molar-refractivity contribution is 0.0735. The highest BCUT2D eigenvalue weighted by molar-refractivity contribution is 6.30. The first kappa shape index (κ1) is 17.0. The van der Waals surface area contributed by atoms with Crippen molar-refractivity contribution in [3.63, 3.8) is 0 Å². The Morgan fingerprint density at radius 2 is 2.15 bits per heavy atom. The van der Waals surface area contributed by atoms with Crippen LogP contribution in [0.15, 0.2) is 36.5 Å². The summed E-state index contributed by atoms with van der Waals surface area (Å²) in [7, 11) is 0. The molecule has 26 heavy (non-hydrogen) atoms. The zero-order valence-electron chi connectivity index (χ0n) is 14.2. The molecule has 1 aliphatic heterocycles. The van der Waals surface area contributed by atoms with Crippen molar-refractivity contribution in [3.8, 4) is 16.9 Å². The molecule has 3 aromatic rings. The number of ether oxygens (including phenoxy) is 1. The van der Waals surface area contributed by atoms with Crippen molar-refractivity contribution < 1.29 is 9.13 Å². The van der Waals surface area contributed by atoms with E-state index in [9.17, 15) is 4.39 Å². The van der Waals surface area contributed by atoms with Crippen molar-refractivity contribution in [1.82, 2.24) is 14.8 Å². The third-order valence-corrected chi connectivity index (χ3v) is 4.84. The van der Waals surface area contributed by atoms with Crippen LogP contribution in [0.4, 0.5) is 10.2 Å². The third kappa shape index (κ3) is 3.06. The zero-order chi connectivity index (χ0) is 18.3. The van der Waals surface area contributed by atoms with E-state index in [1.54, 1.807) is 29.1 Å². The number of nitrogens with zero attached hydrogens (tertiary/aromatic N) is 3. The summed E-state index contributed by atoms with van der Waals surface area (Å²) in [6.45, 7) is 2.64. The van der Waals surface area contributed by atoms with E-state index in [4.69, 9.17) is 27.2 Å². The van der Waals surface area contributed by atoms with Crippen molar-refractivity contribution in [2.45, 2.75) is 25.9 Å². The largest absolute Gasteiger partial charge is 0.384 e. The third-order valence-electron chi connectivity index (χ3n) is 4.53. The minimum absolute atomic E-state index is 0.0567. The molecule has 2 aromatic heterocycles. The molecule has 1 atom stereocenters. The van der Waals surface area contributed by atoms with E-state index < -0.39 is 5.82 Å². The lowest BCUT2D eigenvalue weighted by Crippen LogP contribution is -2.13. The van der Waals surface area contributed by atoms with E-state index in [2.05, 4.69) is 4.98 Å². The predicted octanol–water partition coefficient (Wildman–Crippen LogP) is 3.81. The molecule has 4 rings (SSSR count). The fourth-order valence-electron chi connectivity index (χ4n) is 3.26. The van der Waals surface area contributed by atoms with Crippen molar-refractivity contribution in [1.29, 1.82) is 0 Å². The molecule has 0 radical (unpaired) electrons. The first-order chi connectivity index (χ1) is 12.5. The normalized spacial score (nSPS) is 17.0. The van der Waals surface area contributed by atoms with Crippen LogP contribution < -0.4 is 5.73 Å². The summed E-state index contributed by atoms with van der Waals surface area (Å²) in [6.07, 6.45) is 3.19. The monoisotopic (exact) mass is 372 g/mol. The number of pyridine rings is 1. The predicted molar refractivity (Wildman–Crippen MR) is 99.0 cm³/mol. The molecule has 3 heterocycles. The Labute approximate surface area is 155 Å². The number of rotatable bonds is 2. The van der Waals surface area contributed by atoms with Gasteiger partial charge in [0.1, 0.15) is 11.6 Å². The van der Waals surface area contributed by atoms with Crippen LogP contribution in [0.5, 0.6) is 0 Å². The lowest BCUT2D eigenvalue weighted by Gasteiger charge is -2.11. The van der Waals surface area contributed by atoms with Crippen LogP contribution in [0.1, 0.15) is 18.2 Å². The molecule has 0 saturated heterocycles. The number of fused-ring (bicyclic) bond motifs is 1. The topological polar surface area (TPSA) is 66.0 Å². The summed E-state index contributed by atoms with van der Waals surface area (Å²) in [5.74, 6) is -0.0157. The molecule has 1 aliphatic rings. The average molecular weight is 373 g/mol. The smallest absolute Gasteiger partial charge is 0.143 e. The Morgan fingerprint density at radius 1 is 1.31 bits per heavy atom. The molecule has 5 nitrogen and oxygen atoms in total. The zero-order valence-corrected chi connectivity index (χ0v) is 15.0. The van der Waals surface area contributed by atoms with E-state index in [0.717, 1.165) is 28.9 Å². The van der Waals surface area contributed by atoms with Crippen LogP contribution in [-0.2, 0) is 17.6 Å². The van der Waals surface area contributed by atoms with Gasteiger partial charge in [0, 0.05) is 29.8 Å². The van der Waals surface area contributed by atoms with Crippen LogP contribution in [0, 0.1) is 5.82 Å². The number of anilines is 1. The summed E-state index contributed by atoms with van der Waals surface area (Å²) in [5.41, 5.74) is 10.1. The summed E-state index contributed by atoms with van der Waals surface area (Å²) >= 11 is 5.83. The number of hydrogen-bond donors (Lipinski definition) is 1. The van der Waals surface area contributed by atoms with Gasteiger partial charge in [-0.3, -0.25) is 0 Å². The number of nitrogens with two attached hydrogens (primary N) is 1. The van der Waals surface area contributed by atoms with Gasteiger partial charge in [-0.05, 0) is 37.6 Å². The van der Waals surface area contributed by atoms with Crippen molar-refractivity contribution >= 4 is 17.4 Å². The highest BCUT2D eigenvalue weighted by atomic mass is 35.5. The summed E-state index contributed by atoms with van der Waals surface area (Å²) in [4.78, 5) is 4.17. The van der Waals surface area contributed by atoms with Crippen molar-refractivity contribution in [2.24, 2.45) is 0 Å². The van der Waals surface area contributed by atoms with E-state index in [0.29, 0.717) is 24.5 Å². The van der Waals surface area contributed by atoms with Gasteiger partial charge in [0.05, 0.1) is 34.8 Å². The van der Waals surface area contributed by atoms with Crippen LogP contribution in [0.3, 0.4) is 0 Å². The second kappa shape index (κ2) is 6.70. The van der Waals surface area contributed by atoms with Crippen molar-refractivity contribution in [2.75, 3.05) is 12.3 Å².